The SMILES string of the molecule is CCn1cc(C(=O)Nc2ccc([N+](=O)[O-])cc2C)c(=O)c2cc(OC)ccc21. The van der Waals surface area contributed by atoms with Crippen LogP contribution in [-0.2, 0) is 6.54 Å². The number of hydrogen-bond donors (Lipinski definition) is 1. The zero-order valence-corrected chi connectivity index (χ0v) is 15.7. The van der Waals surface area contributed by atoms with Crippen LogP contribution in [0.4, 0.5) is 11.4 Å². The first-order valence-corrected chi connectivity index (χ1v) is 8.63. The number of nitro benzene ring substituents is 1. The fourth-order valence-electron chi connectivity index (χ4n) is 3.02. The summed E-state index contributed by atoms with van der Waals surface area (Å²) in [5, 5.41) is 13.9. The van der Waals surface area contributed by atoms with Crippen molar-refractivity contribution < 1.29 is 14.5 Å². The predicted octanol–water partition coefficient (Wildman–Crippen LogP) is 3.50. The van der Waals surface area contributed by atoms with Crippen LogP contribution < -0.4 is 15.5 Å². The lowest BCUT2D eigenvalue weighted by atomic mass is 10.1. The van der Waals surface area contributed by atoms with Gasteiger partial charge in [-0.25, -0.2) is 0 Å². The van der Waals surface area contributed by atoms with E-state index in [2.05, 4.69) is 5.32 Å². The third-order valence-corrected chi connectivity index (χ3v) is 4.54. The minimum absolute atomic E-state index is 0.0136. The molecule has 1 amide bonds. The van der Waals surface area contributed by atoms with Gasteiger partial charge in [-0.05, 0) is 43.7 Å². The molecule has 0 unspecified atom stereocenters. The van der Waals surface area contributed by atoms with E-state index in [1.807, 2.05) is 11.5 Å². The molecule has 0 aliphatic rings. The van der Waals surface area contributed by atoms with Gasteiger partial charge in [-0.1, -0.05) is 0 Å². The van der Waals surface area contributed by atoms with Crippen LogP contribution in [0.3, 0.4) is 0 Å². The van der Waals surface area contributed by atoms with Gasteiger partial charge in [0.2, 0.25) is 5.43 Å². The number of aryl methyl sites for hydroxylation is 2. The highest BCUT2D eigenvalue weighted by molar-refractivity contribution is 6.06. The highest BCUT2D eigenvalue weighted by atomic mass is 16.6. The molecule has 0 bridgehead atoms. The third kappa shape index (κ3) is 3.44. The molecule has 0 aliphatic carbocycles. The molecule has 1 aromatic heterocycles. The van der Waals surface area contributed by atoms with E-state index >= 15 is 0 Å². The number of hydrogen-bond acceptors (Lipinski definition) is 5. The molecule has 28 heavy (non-hydrogen) atoms. The molecule has 0 saturated heterocycles. The highest BCUT2D eigenvalue weighted by Crippen LogP contribution is 2.23. The number of carbonyl (C=O) groups excluding carboxylic acids is 1. The Bertz CT molecular complexity index is 1150. The van der Waals surface area contributed by atoms with E-state index in [4.69, 9.17) is 4.74 Å². The summed E-state index contributed by atoms with van der Waals surface area (Å²) in [5.41, 5.74) is 1.15. The fraction of sp³-hybridized carbons (Fsp3) is 0.200. The van der Waals surface area contributed by atoms with Gasteiger partial charge >= 0.3 is 0 Å². The van der Waals surface area contributed by atoms with Gasteiger partial charge in [0.25, 0.3) is 11.6 Å². The van der Waals surface area contributed by atoms with Crippen molar-refractivity contribution >= 4 is 28.2 Å². The topological polar surface area (TPSA) is 103 Å². The van der Waals surface area contributed by atoms with Crippen LogP contribution in [0.2, 0.25) is 0 Å². The number of nitro groups is 1. The van der Waals surface area contributed by atoms with Gasteiger partial charge < -0.3 is 14.6 Å². The molecule has 0 saturated carbocycles. The molecular formula is C20H19N3O5. The summed E-state index contributed by atoms with van der Waals surface area (Å²) in [6.45, 7) is 4.13. The molecule has 8 nitrogen and oxygen atoms in total. The van der Waals surface area contributed by atoms with Gasteiger partial charge in [-0.2, -0.15) is 0 Å². The number of methoxy groups -OCH3 is 1. The van der Waals surface area contributed by atoms with Gasteiger partial charge in [0.15, 0.2) is 0 Å². The number of nitrogens with zero attached hydrogens (tertiary/aromatic N) is 2. The minimum atomic E-state index is -0.575. The van der Waals surface area contributed by atoms with Gasteiger partial charge in [0.05, 0.1) is 22.9 Å². The summed E-state index contributed by atoms with van der Waals surface area (Å²) in [6.07, 6.45) is 1.52. The Hall–Kier alpha value is -3.68. The first kappa shape index (κ1) is 19.1. The number of nitrogens with one attached hydrogen (secondary N) is 1. The van der Waals surface area contributed by atoms with E-state index in [1.165, 1.54) is 31.5 Å². The number of non-ortho nitro benzene ring substituents is 1. The van der Waals surface area contributed by atoms with Crippen molar-refractivity contribution in [3.05, 3.63) is 74.1 Å². The number of carbonyl (C=O) groups is 1. The van der Waals surface area contributed by atoms with E-state index in [9.17, 15) is 19.7 Å². The average Bonchev–Trinajstić information content (AvgIpc) is 2.69. The second-order valence-electron chi connectivity index (χ2n) is 6.25. The summed E-state index contributed by atoms with van der Waals surface area (Å²) in [4.78, 5) is 36.0. The summed E-state index contributed by atoms with van der Waals surface area (Å²) in [5.74, 6) is -0.0510. The third-order valence-electron chi connectivity index (χ3n) is 4.54. The molecule has 0 fully saturated rings. The normalized spacial score (nSPS) is 10.7. The molecule has 3 rings (SSSR count). The summed E-state index contributed by atoms with van der Waals surface area (Å²) in [7, 11) is 1.51. The van der Waals surface area contributed by atoms with Gasteiger partial charge in [0.1, 0.15) is 11.3 Å². The second kappa shape index (κ2) is 7.51. The lowest BCUT2D eigenvalue weighted by Crippen LogP contribution is -2.24. The number of amides is 1. The number of anilines is 1. The molecule has 8 heteroatoms. The van der Waals surface area contributed by atoms with Crippen molar-refractivity contribution in [2.24, 2.45) is 0 Å². The zero-order chi connectivity index (χ0) is 20.4. The van der Waals surface area contributed by atoms with Crippen molar-refractivity contribution in [3.8, 4) is 5.75 Å². The molecule has 2 aromatic carbocycles. The number of benzene rings is 2. The van der Waals surface area contributed by atoms with E-state index in [0.717, 1.165) is 0 Å². The zero-order valence-electron chi connectivity index (χ0n) is 15.7. The van der Waals surface area contributed by atoms with Crippen LogP contribution >= 0.6 is 0 Å². The van der Waals surface area contributed by atoms with Crippen LogP contribution in [0, 0.1) is 17.0 Å². The maximum Gasteiger partial charge on any atom is 0.269 e. The number of fused-ring (bicyclic) bond motifs is 1. The quantitative estimate of drug-likeness (QED) is 0.538. The predicted molar refractivity (Wildman–Crippen MR) is 106 cm³/mol. The molecule has 3 aromatic rings. The minimum Gasteiger partial charge on any atom is -0.497 e. The summed E-state index contributed by atoms with van der Waals surface area (Å²) in [6, 6.07) is 9.27. The molecule has 0 aliphatic heterocycles. The van der Waals surface area contributed by atoms with Gasteiger partial charge in [0, 0.05) is 30.6 Å². The lowest BCUT2D eigenvalue weighted by molar-refractivity contribution is -0.384. The molecule has 0 radical (unpaired) electrons. The molecule has 1 N–H and O–H groups in total. The molecule has 0 spiro atoms. The van der Waals surface area contributed by atoms with Crippen LogP contribution in [-0.4, -0.2) is 22.5 Å². The first-order chi connectivity index (χ1) is 13.3. The Morgan fingerprint density at radius 2 is 2.00 bits per heavy atom. The van der Waals surface area contributed by atoms with Gasteiger partial charge in [-0.3, -0.25) is 19.7 Å². The smallest absolute Gasteiger partial charge is 0.269 e. The largest absolute Gasteiger partial charge is 0.497 e. The number of ether oxygens (including phenoxy) is 1. The van der Waals surface area contributed by atoms with E-state index in [0.29, 0.717) is 34.4 Å². The Labute approximate surface area is 160 Å². The highest BCUT2D eigenvalue weighted by Gasteiger charge is 2.17. The second-order valence-corrected chi connectivity index (χ2v) is 6.25. The molecule has 1 heterocycles. The average molecular weight is 381 g/mol. The fourth-order valence-corrected chi connectivity index (χ4v) is 3.02. The molecule has 144 valence electrons. The van der Waals surface area contributed by atoms with Crippen LogP contribution in [0.5, 0.6) is 5.75 Å². The monoisotopic (exact) mass is 381 g/mol. The first-order valence-electron chi connectivity index (χ1n) is 8.63. The van der Waals surface area contributed by atoms with E-state index in [1.54, 1.807) is 25.1 Å². The maximum atomic E-state index is 12.9. The van der Waals surface area contributed by atoms with E-state index in [-0.39, 0.29) is 11.3 Å². The number of pyridine rings is 1. The van der Waals surface area contributed by atoms with Crippen LogP contribution in [0.25, 0.3) is 10.9 Å². The maximum absolute atomic E-state index is 12.9. The van der Waals surface area contributed by atoms with Crippen molar-refractivity contribution in [2.75, 3.05) is 12.4 Å². The van der Waals surface area contributed by atoms with E-state index < -0.39 is 16.3 Å². The van der Waals surface area contributed by atoms with Crippen molar-refractivity contribution in [3.63, 3.8) is 0 Å². The molecular weight excluding hydrogens is 362 g/mol. The van der Waals surface area contributed by atoms with Crippen molar-refractivity contribution in [2.45, 2.75) is 20.4 Å². The summed E-state index contributed by atoms with van der Waals surface area (Å²) < 4.78 is 7.00. The Balaban J connectivity index is 2.05. The Morgan fingerprint density at radius 3 is 2.61 bits per heavy atom. The van der Waals surface area contributed by atoms with Crippen molar-refractivity contribution in [1.82, 2.24) is 4.57 Å². The van der Waals surface area contributed by atoms with Crippen molar-refractivity contribution in [1.29, 1.82) is 0 Å². The van der Waals surface area contributed by atoms with Crippen LogP contribution in [0.1, 0.15) is 22.8 Å². The Morgan fingerprint density at radius 1 is 1.25 bits per heavy atom. The number of aromatic nitrogens is 1. The number of rotatable bonds is 5. The van der Waals surface area contributed by atoms with Crippen LogP contribution in [0.15, 0.2) is 47.4 Å². The Kier molecular flexibility index (Phi) is 5.12. The van der Waals surface area contributed by atoms with Gasteiger partial charge in [-0.15, -0.1) is 0 Å². The molecule has 0 atom stereocenters. The standard InChI is InChI=1S/C20H19N3O5/c1-4-22-11-16(19(24)15-10-14(28-3)6-8-18(15)22)20(25)21-17-7-5-13(23(26)27)9-12(17)2/h5-11H,4H2,1-3H3,(H,21,25). The summed E-state index contributed by atoms with van der Waals surface area (Å²) >= 11 is 0. The lowest BCUT2D eigenvalue weighted by Gasteiger charge is -2.13.